The van der Waals surface area contributed by atoms with Crippen molar-refractivity contribution in [1.82, 2.24) is 19.6 Å². The number of nitrogens with zero attached hydrogens (tertiary/aromatic N) is 5. The van der Waals surface area contributed by atoms with E-state index in [1.165, 1.54) is 6.20 Å². The number of rotatable bonds is 3. The van der Waals surface area contributed by atoms with Crippen molar-refractivity contribution in [2.45, 2.75) is 6.92 Å². The van der Waals surface area contributed by atoms with Gasteiger partial charge in [0.05, 0.1) is 11.8 Å². The number of aryl methyl sites for hydroxylation is 1. The van der Waals surface area contributed by atoms with E-state index in [0.717, 1.165) is 12.0 Å². The summed E-state index contributed by atoms with van der Waals surface area (Å²) in [6.07, 6.45) is 2.25. The van der Waals surface area contributed by atoms with Crippen LogP contribution >= 0.6 is 0 Å². The highest BCUT2D eigenvalue weighted by molar-refractivity contribution is 5.84. The SMILES string of the molecule is Cc1nc(N(C)c2ccccc2)n2ncc(C=O)c2n1. The van der Waals surface area contributed by atoms with Gasteiger partial charge >= 0.3 is 0 Å². The van der Waals surface area contributed by atoms with E-state index in [1.807, 2.05) is 42.3 Å². The van der Waals surface area contributed by atoms with Gasteiger partial charge in [0, 0.05) is 12.7 Å². The van der Waals surface area contributed by atoms with Gasteiger partial charge in [-0.05, 0) is 19.1 Å². The molecule has 0 aliphatic rings. The maximum atomic E-state index is 11.0. The lowest BCUT2D eigenvalue weighted by Crippen LogP contribution is -2.17. The Kier molecular flexibility index (Phi) is 2.90. The second-order valence-electron chi connectivity index (χ2n) is 4.42. The number of anilines is 2. The molecule has 1 aromatic carbocycles. The standard InChI is InChI=1S/C14H13N5O/c1-10-16-13-11(9-20)8-15-19(13)14(17-10)18(2)12-6-4-3-5-7-12/h3-9H,1-2H3. The third-order valence-corrected chi connectivity index (χ3v) is 3.06. The lowest BCUT2D eigenvalue weighted by Gasteiger charge is -2.18. The number of para-hydroxylation sites is 1. The monoisotopic (exact) mass is 267 g/mol. The fourth-order valence-electron chi connectivity index (χ4n) is 2.05. The Balaban J connectivity index is 2.21. The van der Waals surface area contributed by atoms with Crippen LogP contribution in [0, 0.1) is 6.92 Å². The van der Waals surface area contributed by atoms with Crippen molar-refractivity contribution in [2.24, 2.45) is 0 Å². The van der Waals surface area contributed by atoms with Crippen LogP contribution in [-0.4, -0.2) is 32.9 Å². The molecule has 0 atom stereocenters. The molecule has 6 nitrogen and oxygen atoms in total. The van der Waals surface area contributed by atoms with Gasteiger partial charge in [0.2, 0.25) is 5.95 Å². The van der Waals surface area contributed by atoms with Crippen LogP contribution in [0.1, 0.15) is 16.2 Å². The second kappa shape index (κ2) is 4.73. The third-order valence-electron chi connectivity index (χ3n) is 3.06. The van der Waals surface area contributed by atoms with E-state index in [2.05, 4.69) is 15.1 Å². The first-order valence-corrected chi connectivity index (χ1v) is 6.17. The Bertz CT molecular complexity index is 766. The van der Waals surface area contributed by atoms with Crippen molar-refractivity contribution >= 4 is 23.6 Å². The molecule has 3 aromatic rings. The fraction of sp³-hybridized carbons (Fsp3) is 0.143. The van der Waals surface area contributed by atoms with Gasteiger partial charge in [-0.1, -0.05) is 18.2 Å². The van der Waals surface area contributed by atoms with Gasteiger partial charge < -0.3 is 4.90 Å². The average Bonchev–Trinajstić information content (AvgIpc) is 2.89. The number of hydrogen-bond donors (Lipinski definition) is 0. The van der Waals surface area contributed by atoms with Gasteiger partial charge in [0.1, 0.15) is 5.82 Å². The molecular weight excluding hydrogens is 254 g/mol. The third kappa shape index (κ3) is 1.91. The fourth-order valence-corrected chi connectivity index (χ4v) is 2.05. The summed E-state index contributed by atoms with van der Waals surface area (Å²) in [5.74, 6) is 1.21. The predicted octanol–water partition coefficient (Wildman–Crippen LogP) is 2.01. The Morgan fingerprint density at radius 1 is 1.20 bits per heavy atom. The molecule has 2 heterocycles. The molecule has 3 rings (SSSR count). The summed E-state index contributed by atoms with van der Waals surface area (Å²) in [5.41, 5.74) is 1.96. The first-order valence-electron chi connectivity index (χ1n) is 6.17. The number of carbonyl (C=O) groups is 1. The molecule has 0 amide bonds. The zero-order chi connectivity index (χ0) is 14.1. The van der Waals surface area contributed by atoms with E-state index in [4.69, 9.17) is 0 Å². The summed E-state index contributed by atoms with van der Waals surface area (Å²) in [4.78, 5) is 21.6. The largest absolute Gasteiger partial charge is 0.313 e. The van der Waals surface area contributed by atoms with Gasteiger partial charge in [-0.25, -0.2) is 4.98 Å². The van der Waals surface area contributed by atoms with Crippen LogP contribution in [0.5, 0.6) is 0 Å². The molecule has 0 saturated carbocycles. The minimum Gasteiger partial charge on any atom is -0.313 e. The highest BCUT2D eigenvalue weighted by Crippen LogP contribution is 2.22. The molecule has 0 fully saturated rings. The maximum absolute atomic E-state index is 11.0. The Hall–Kier alpha value is -2.76. The molecule has 100 valence electrons. The van der Waals surface area contributed by atoms with Gasteiger partial charge in [0.25, 0.3) is 0 Å². The van der Waals surface area contributed by atoms with Crippen LogP contribution in [0.2, 0.25) is 0 Å². The summed E-state index contributed by atoms with van der Waals surface area (Å²) >= 11 is 0. The molecule has 0 saturated heterocycles. The number of benzene rings is 1. The maximum Gasteiger partial charge on any atom is 0.234 e. The summed E-state index contributed by atoms with van der Waals surface area (Å²) < 4.78 is 1.57. The Morgan fingerprint density at radius 2 is 1.95 bits per heavy atom. The van der Waals surface area contributed by atoms with Crippen LogP contribution < -0.4 is 4.90 Å². The summed E-state index contributed by atoms with van der Waals surface area (Å²) in [5, 5.41) is 4.20. The van der Waals surface area contributed by atoms with E-state index >= 15 is 0 Å². The van der Waals surface area contributed by atoms with Crippen molar-refractivity contribution in [3.63, 3.8) is 0 Å². The molecule has 0 radical (unpaired) electrons. The molecule has 0 unspecified atom stereocenters. The zero-order valence-electron chi connectivity index (χ0n) is 11.2. The van der Waals surface area contributed by atoms with Crippen molar-refractivity contribution in [3.8, 4) is 0 Å². The van der Waals surface area contributed by atoms with Crippen LogP contribution in [-0.2, 0) is 0 Å². The normalized spacial score (nSPS) is 10.7. The average molecular weight is 267 g/mol. The smallest absolute Gasteiger partial charge is 0.234 e. The lowest BCUT2D eigenvalue weighted by atomic mass is 10.3. The highest BCUT2D eigenvalue weighted by Gasteiger charge is 2.15. The number of carbonyl (C=O) groups excluding carboxylic acids is 1. The van der Waals surface area contributed by atoms with E-state index in [9.17, 15) is 4.79 Å². The van der Waals surface area contributed by atoms with Crippen LogP contribution in [0.4, 0.5) is 11.6 Å². The minimum absolute atomic E-state index is 0.457. The Morgan fingerprint density at radius 3 is 2.65 bits per heavy atom. The van der Waals surface area contributed by atoms with E-state index < -0.39 is 0 Å². The first-order chi connectivity index (χ1) is 9.70. The molecule has 20 heavy (non-hydrogen) atoms. The number of aromatic nitrogens is 4. The number of hydrogen-bond acceptors (Lipinski definition) is 5. The van der Waals surface area contributed by atoms with E-state index in [1.54, 1.807) is 11.4 Å². The second-order valence-corrected chi connectivity index (χ2v) is 4.42. The van der Waals surface area contributed by atoms with Crippen LogP contribution in [0.15, 0.2) is 36.5 Å². The van der Waals surface area contributed by atoms with Crippen LogP contribution in [0.3, 0.4) is 0 Å². The molecule has 0 bridgehead atoms. The van der Waals surface area contributed by atoms with Crippen molar-refractivity contribution in [1.29, 1.82) is 0 Å². The van der Waals surface area contributed by atoms with E-state index in [-0.39, 0.29) is 0 Å². The molecular formula is C14H13N5O. The molecule has 0 aliphatic carbocycles. The molecule has 6 heteroatoms. The molecule has 0 spiro atoms. The highest BCUT2D eigenvalue weighted by atomic mass is 16.1. The van der Waals surface area contributed by atoms with Gasteiger partial charge in [-0.3, -0.25) is 4.79 Å². The van der Waals surface area contributed by atoms with Crippen molar-refractivity contribution in [2.75, 3.05) is 11.9 Å². The molecule has 0 N–H and O–H groups in total. The van der Waals surface area contributed by atoms with Crippen molar-refractivity contribution in [3.05, 3.63) is 47.9 Å². The van der Waals surface area contributed by atoms with Crippen molar-refractivity contribution < 1.29 is 4.79 Å². The zero-order valence-corrected chi connectivity index (χ0v) is 11.2. The van der Waals surface area contributed by atoms with Gasteiger partial charge in [-0.2, -0.15) is 14.6 Å². The summed E-state index contributed by atoms with van der Waals surface area (Å²) in [6, 6.07) is 9.82. The molecule has 0 aliphatic heterocycles. The lowest BCUT2D eigenvalue weighted by molar-refractivity contribution is 0.112. The van der Waals surface area contributed by atoms with Gasteiger partial charge in [-0.15, -0.1) is 0 Å². The topological polar surface area (TPSA) is 63.4 Å². The Labute approximate surface area is 115 Å². The van der Waals surface area contributed by atoms with Gasteiger partial charge in [0.15, 0.2) is 11.9 Å². The number of aldehydes is 1. The van der Waals surface area contributed by atoms with Crippen LogP contribution in [0.25, 0.3) is 5.65 Å². The summed E-state index contributed by atoms with van der Waals surface area (Å²) in [7, 11) is 1.90. The predicted molar refractivity (Wildman–Crippen MR) is 75.4 cm³/mol. The quantitative estimate of drug-likeness (QED) is 0.679. The first kappa shape index (κ1) is 12.3. The molecule has 2 aromatic heterocycles. The number of fused-ring (bicyclic) bond motifs is 1. The minimum atomic E-state index is 0.457. The summed E-state index contributed by atoms with van der Waals surface area (Å²) in [6.45, 7) is 1.80. The van der Waals surface area contributed by atoms with E-state index in [0.29, 0.717) is 23.0 Å².